The van der Waals surface area contributed by atoms with Gasteiger partial charge in [0.2, 0.25) is 5.91 Å². The van der Waals surface area contributed by atoms with Crippen LogP contribution in [0, 0.1) is 12.7 Å². The number of nitrogens with zero attached hydrogens (tertiary/aromatic N) is 1. The number of nitrogens with one attached hydrogen (secondary N) is 1. The van der Waals surface area contributed by atoms with Crippen molar-refractivity contribution in [3.8, 4) is 11.1 Å². The van der Waals surface area contributed by atoms with Crippen molar-refractivity contribution in [3.05, 3.63) is 102 Å². The van der Waals surface area contributed by atoms with E-state index in [1.54, 1.807) is 12.1 Å². The molecule has 0 unspecified atom stereocenters. The first-order valence-corrected chi connectivity index (χ1v) is 9.56. The molecular formula is C25H21FN2O. The maximum absolute atomic E-state index is 13.1. The first-order chi connectivity index (χ1) is 14.1. The molecule has 29 heavy (non-hydrogen) atoms. The molecule has 0 spiro atoms. The Morgan fingerprint density at radius 2 is 1.62 bits per heavy atom. The van der Waals surface area contributed by atoms with E-state index in [1.807, 2.05) is 49.4 Å². The van der Waals surface area contributed by atoms with E-state index in [0.717, 1.165) is 38.9 Å². The molecule has 4 heteroatoms. The highest BCUT2D eigenvalue weighted by molar-refractivity contribution is 5.98. The third-order valence-electron chi connectivity index (χ3n) is 5.00. The van der Waals surface area contributed by atoms with Crippen molar-refractivity contribution in [2.24, 2.45) is 0 Å². The van der Waals surface area contributed by atoms with Crippen molar-refractivity contribution in [1.82, 2.24) is 10.3 Å². The predicted octanol–water partition coefficient (Wildman–Crippen LogP) is 5.21. The second-order valence-corrected chi connectivity index (χ2v) is 7.01. The van der Waals surface area contributed by atoms with Gasteiger partial charge in [0.25, 0.3) is 0 Å². The molecular weight excluding hydrogens is 363 g/mol. The van der Waals surface area contributed by atoms with Gasteiger partial charge >= 0.3 is 0 Å². The Kier molecular flexibility index (Phi) is 5.34. The summed E-state index contributed by atoms with van der Waals surface area (Å²) < 4.78 is 13.1. The van der Waals surface area contributed by atoms with Gasteiger partial charge in [-0.25, -0.2) is 4.39 Å². The van der Waals surface area contributed by atoms with Crippen molar-refractivity contribution in [2.75, 3.05) is 0 Å². The molecule has 0 aliphatic heterocycles. The Bertz CT molecular complexity index is 1150. The van der Waals surface area contributed by atoms with Crippen LogP contribution in [0.5, 0.6) is 0 Å². The Labute approximate surface area is 169 Å². The van der Waals surface area contributed by atoms with Crippen LogP contribution in [-0.4, -0.2) is 10.9 Å². The summed E-state index contributed by atoms with van der Waals surface area (Å²) in [7, 11) is 0. The van der Waals surface area contributed by atoms with Crippen LogP contribution in [0.1, 0.15) is 16.8 Å². The number of amides is 1. The minimum Gasteiger partial charge on any atom is -0.352 e. The molecule has 1 N–H and O–H groups in total. The summed E-state index contributed by atoms with van der Waals surface area (Å²) in [5, 5.41) is 3.96. The summed E-state index contributed by atoms with van der Waals surface area (Å²) in [5.74, 6) is -0.378. The van der Waals surface area contributed by atoms with Crippen molar-refractivity contribution >= 4 is 16.8 Å². The van der Waals surface area contributed by atoms with Crippen LogP contribution in [0.15, 0.2) is 78.9 Å². The van der Waals surface area contributed by atoms with E-state index < -0.39 is 0 Å². The van der Waals surface area contributed by atoms with Gasteiger partial charge in [-0.2, -0.15) is 0 Å². The highest BCUT2D eigenvalue weighted by Gasteiger charge is 2.17. The SMILES string of the molecule is Cc1nc2ccccc2c(-c2ccccc2)c1CC(=O)NCc1ccc(F)cc1. The smallest absolute Gasteiger partial charge is 0.224 e. The van der Waals surface area contributed by atoms with E-state index in [9.17, 15) is 9.18 Å². The van der Waals surface area contributed by atoms with Crippen LogP contribution in [-0.2, 0) is 17.8 Å². The van der Waals surface area contributed by atoms with Crippen LogP contribution in [0.4, 0.5) is 4.39 Å². The lowest BCUT2D eigenvalue weighted by Crippen LogP contribution is -2.25. The molecule has 0 fully saturated rings. The average Bonchev–Trinajstić information content (AvgIpc) is 2.74. The zero-order valence-corrected chi connectivity index (χ0v) is 16.2. The number of carbonyl (C=O) groups excluding carboxylic acids is 1. The van der Waals surface area contributed by atoms with Crippen LogP contribution < -0.4 is 5.32 Å². The Hall–Kier alpha value is -3.53. The lowest BCUT2D eigenvalue weighted by Gasteiger charge is -2.16. The van der Waals surface area contributed by atoms with Crippen LogP contribution >= 0.6 is 0 Å². The zero-order chi connectivity index (χ0) is 20.2. The highest BCUT2D eigenvalue weighted by Crippen LogP contribution is 2.33. The van der Waals surface area contributed by atoms with Gasteiger partial charge in [-0.1, -0.05) is 60.7 Å². The number of pyridine rings is 1. The fraction of sp³-hybridized carbons (Fsp3) is 0.120. The Morgan fingerprint density at radius 3 is 2.38 bits per heavy atom. The molecule has 0 aliphatic rings. The second-order valence-electron chi connectivity index (χ2n) is 7.01. The lowest BCUT2D eigenvalue weighted by atomic mass is 9.92. The van der Waals surface area contributed by atoms with Gasteiger partial charge in [-0.15, -0.1) is 0 Å². The quantitative estimate of drug-likeness (QED) is 0.513. The maximum atomic E-state index is 13.1. The third kappa shape index (κ3) is 4.16. The Morgan fingerprint density at radius 1 is 0.931 bits per heavy atom. The molecule has 1 amide bonds. The van der Waals surface area contributed by atoms with Gasteiger partial charge in [0.15, 0.2) is 0 Å². The monoisotopic (exact) mass is 384 g/mol. The third-order valence-corrected chi connectivity index (χ3v) is 5.00. The fourth-order valence-corrected chi connectivity index (χ4v) is 3.55. The number of carbonyl (C=O) groups is 1. The molecule has 0 saturated heterocycles. The molecule has 4 aromatic rings. The van der Waals surface area contributed by atoms with Gasteiger partial charge in [0, 0.05) is 17.6 Å². The van der Waals surface area contributed by atoms with E-state index >= 15 is 0 Å². The number of rotatable bonds is 5. The molecule has 3 nitrogen and oxygen atoms in total. The van der Waals surface area contributed by atoms with Gasteiger partial charge in [0.05, 0.1) is 11.9 Å². The number of benzene rings is 3. The van der Waals surface area contributed by atoms with Gasteiger partial charge < -0.3 is 5.32 Å². The standard InChI is InChI=1S/C25H21FN2O/c1-17-22(15-24(29)27-16-18-11-13-20(26)14-12-18)25(19-7-3-2-4-8-19)21-9-5-6-10-23(21)28-17/h2-14H,15-16H2,1H3,(H,27,29). The summed E-state index contributed by atoms with van der Waals surface area (Å²) in [4.78, 5) is 17.4. The lowest BCUT2D eigenvalue weighted by molar-refractivity contribution is -0.120. The number of aryl methyl sites for hydroxylation is 1. The largest absolute Gasteiger partial charge is 0.352 e. The highest BCUT2D eigenvalue weighted by atomic mass is 19.1. The first-order valence-electron chi connectivity index (χ1n) is 9.56. The summed E-state index contributed by atoms with van der Waals surface area (Å²) in [5.41, 5.74) is 5.66. The van der Waals surface area contributed by atoms with Crippen LogP contribution in [0.2, 0.25) is 0 Å². The normalized spacial score (nSPS) is 10.8. The fourth-order valence-electron chi connectivity index (χ4n) is 3.55. The van der Waals surface area contributed by atoms with E-state index in [-0.39, 0.29) is 18.1 Å². The van der Waals surface area contributed by atoms with Gasteiger partial charge in [0.1, 0.15) is 5.82 Å². The van der Waals surface area contributed by atoms with E-state index in [0.29, 0.717) is 6.54 Å². The van der Waals surface area contributed by atoms with Crippen molar-refractivity contribution in [1.29, 1.82) is 0 Å². The summed E-state index contributed by atoms with van der Waals surface area (Å²) in [6.45, 7) is 2.31. The summed E-state index contributed by atoms with van der Waals surface area (Å²) in [6.07, 6.45) is 0.231. The topological polar surface area (TPSA) is 42.0 Å². The van der Waals surface area contributed by atoms with Gasteiger partial charge in [-0.3, -0.25) is 9.78 Å². The molecule has 1 heterocycles. The van der Waals surface area contributed by atoms with Crippen molar-refractivity contribution in [3.63, 3.8) is 0 Å². The van der Waals surface area contributed by atoms with Crippen molar-refractivity contribution in [2.45, 2.75) is 19.9 Å². The van der Waals surface area contributed by atoms with Crippen LogP contribution in [0.25, 0.3) is 22.0 Å². The number of aromatic nitrogens is 1. The number of fused-ring (bicyclic) bond motifs is 1. The summed E-state index contributed by atoms with van der Waals surface area (Å²) in [6, 6.07) is 24.2. The molecule has 0 radical (unpaired) electrons. The first kappa shape index (κ1) is 18.8. The zero-order valence-electron chi connectivity index (χ0n) is 16.2. The van der Waals surface area contributed by atoms with E-state index in [1.165, 1.54) is 12.1 Å². The molecule has 0 atom stereocenters. The summed E-state index contributed by atoms with van der Waals surface area (Å²) >= 11 is 0. The molecule has 0 bridgehead atoms. The molecule has 4 rings (SSSR count). The molecule has 144 valence electrons. The maximum Gasteiger partial charge on any atom is 0.224 e. The molecule has 0 aliphatic carbocycles. The Balaban J connectivity index is 1.66. The number of hydrogen-bond donors (Lipinski definition) is 1. The molecule has 3 aromatic carbocycles. The minimum atomic E-state index is -0.287. The average molecular weight is 384 g/mol. The van der Waals surface area contributed by atoms with E-state index in [4.69, 9.17) is 4.98 Å². The number of hydrogen-bond acceptors (Lipinski definition) is 2. The minimum absolute atomic E-state index is 0.0910. The number of halogens is 1. The molecule has 0 saturated carbocycles. The van der Waals surface area contributed by atoms with Crippen LogP contribution in [0.3, 0.4) is 0 Å². The van der Waals surface area contributed by atoms with E-state index in [2.05, 4.69) is 17.4 Å². The van der Waals surface area contributed by atoms with Gasteiger partial charge in [-0.05, 0) is 47.4 Å². The predicted molar refractivity (Wildman–Crippen MR) is 114 cm³/mol. The molecule has 1 aromatic heterocycles. The number of para-hydroxylation sites is 1. The van der Waals surface area contributed by atoms with Crippen molar-refractivity contribution < 1.29 is 9.18 Å². The second kappa shape index (κ2) is 8.23.